The minimum absolute atomic E-state index is 0.139. The molecule has 6 nitrogen and oxygen atoms in total. The van der Waals surface area contributed by atoms with Gasteiger partial charge in [0.25, 0.3) is 0 Å². The Morgan fingerprint density at radius 2 is 1.96 bits per heavy atom. The molecule has 1 aromatic carbocycles. The zero-order valence-electron chi connectivity index (χ0n) is 13.8. The van der Waals surface area contributed by atoms with E-state index in [2.05, 4.69) is 15.3 Å². The number of aromatic nitrogens is 2. The lowest BCUT2D eigenvalue weighted by molar-refractivity contribution is -0.115. The predicted molar refractivity (Wildman–Crippen MR) is 93.1 cm³/mol. The van der Waals surface area contributed by atoms with Crippen molar-refractivity contribution < 1.29 is 14.3 Å². The molecular weight excluding hydrogens is 326 g/mol. The maximum Gasteiger partial charge on any atom is 0.338 e. The van der Waals surface area contributed by atoms with E-state index in [9.17, 15) is 9.59 Å². The summed E-state index contributed by atoms with van der Waals surface area (Å²) in [4.78, 5) is 32.0. The van der Waals surface area contributed by atoms with Gasteiger partial charge in [-0.2, -0.15) is 0 Å². The monoisotopic (exact) mass is 345 g/mol. The van der Waals surface area contributed by atoms with Crippen molar-refractivity contribution in [2.24, 2.45) is 0 Å². The molecule has 1 amide bonds. The molecule has 0 spiro atoms. The molecule has 0 fully saturated rings. The summed E-state index contributed by atoms with van der Waals surface area (Å²) in [6.07, 6.45) is 1.48. The van der Waals surface area contributed by atoms with E-state index in [1.165, 1.54) is 18.1 Å². The summed E-state index contributed by atoms with van der Waals surface area (Å²) < 4.78 is 4.92. The lowest BCUT2D eigenvalue weighted by Gasteiger charge is -2.12. The van der Waals surface area contributed by atoms with Crippen molar-refractivity contribution in [1.82, 2.24) is 9.97 Å². The Kier molecular flexibility index (Phi) is 6.31. The number of aryl methyl sites for hydroxylation is 1. The topological polar surface area (TPSA) is 81.2 Å². The van der Waals surface area contributed by atoms with E-state index in [1.807, 2.05) is 19.9 Å². The highest BCUT2D eigenvalue weighted by atomic mass is 32.2. The summed E-state index contributed by atoms with van der Waals surface area (Å²) in [7, 11) is 0. The highest BCUT2D eigenvalue weighted by Gasteiger charge is 2.16. The van der Waals surface area contributed by atoms with E-state index in [0.29, 0.717) is 17.9 Å². The minimum Gasteiger partial charge on any atom is -0.462 e. The molecule has 0 aliphatic heterocycles. The first-order valence-electron chi connectivity index (χ1n) is 7.53. The number of benzene rings is 1. The molecule has 0 saturated heterocycles. The molecule has 0 saturated carbocycles. The Labute approximate surface area is 145 Å². The zero-order chi connectivity index (χ0) is 17.5. The van der Waals surface area contributed by atoms with Gasteiger partial charge in [-0.3, -0.25) is 4.79 Å². The van der Waals surface area contributed by atoms with Crippen molar-refractivity contribution in [3.8, 4) is 0 Å². The molecule has 126 valence electrons. The third kappa shape index (κ3) is 5.06. The number of esters is 1. The third-order valence-corrected chi connectivity index (χ3v) is 4.14. The Hall–Kier alpha value is -2.41. The van der Waals surface area contributed by atoms with Crippen LogP contribution >= 0.6 is 11.8 Å². The Bertz CT molecular complexity index is 719. The van der Waals surface area contributed by atoms with Gasteiger partial charge in [0.2, 0.25) is 5.91 Å². The van der Waals surface area contributed by atoms with Gasteiger partial charge in [0.05, 0.1) is 17.4 Å². The van der Waals surface area contributed by atoms with Crippen molar-refractivity contribution in [2.45, 2.75) is 31.0 Å². The molecule has 0 unspecified atom stereocenters. The number of carbonyl (C=O) groups is 2. The van der Waals surface area contributed by atoms with Crippen molar-refractivity contribution in [1.29, 1.82) is 0 Å². The molecule has 1 N–H and O–H groups in total. The van der Waals surface area contributed by atoms with Crippen LogP contribution in [0.2, 0.25) is 0 Å². The fraction of sp³-hybridized carbons (Fsp3) is 0.294. The van der Waals surface area contributed by atoms with Crippen LogP contribution in [0, 0.1) is 6.92 Å². The normalized spacial score (nSPS) is 11.6. The molecule has 24 heavy (non-hydrogen) atoms. The lowest BCUT2D eigenvalue weighted by Crippen LogP contribution is -2.22. The smallest absolute Gasteiger partial charge is 0.338 e. The van der Waals surface area contributed by atoms with Crippen LogP contribution in [0.4, 0.5) is 5.69 Å². The van der Waals surface area contributed by atoms with Crippen molar-refractivity contribution in [3.63, 3.8) is 0 Å². The first kappa shape index (κ1) is 17.9. The number of ether oxygens (including phenoxy) is 1. The van der Waals surface area contributed by atoms with Crippen LogP contribution < -0.4 is 5.32 Å². The van der Waals surface area contributed by atoms with Gasteiger partial charge in [-0.15, -0.1) is 0 Å². The zero-order valence-corrected chi connectivity index (χ0v) is 14.6. The number of thioether (sulfide) groups is 1. The van der Waals surface area contributed by atoms with E-state index in [1.54, 1.807) is 31.2 Å². The quantitative estimate of drug-likeness (QED) is 0.492. The van der Waals surface area contributed by atoms with Crippen molar-refractivity contribution >= 4 is 29.3 Å². The second-order valence-corrected chi connectivity index (χ2v) is 6.41. The fourth-order valence-electron chi connectivity index (χ4n) is 1.88. The van der Waals surface area contributed by atoms with E-state index in [-0.39, 0.29) is 17.1 Å². The first-order valence-corrected chi connectivity index (χ1v) is 8.41. The fourth-order valence-corrected chi connectivity index (χ4v) is 2.75. The van der Waals surface area contributed by atoms with Crippen LogP contribution in [0.25, 0.3) is 0 Å². The van der Waals surface area contributed by atoms with Gasteiger partial charge in [-0.25, -0.2) is 14.8 Å². The van der Waals surface area contributed by atoms with Crippen LogP contribution in [0.15, 0.2) is 41.7 Å². The maximum atomic E-state index is 12.3. The number of carbonyl (C=O) groups excluding carboxylic acids is 2. The Morgan fingerprint density at radius 1 is 1.25 bits per heavy atom. The van der Waals surface area contributed by atoms with Gasteiger partial charge in [-0.1, -0.05) is 11.8 Å². The molecule has 7 heteroatoms. The van der Waals surface area contributed by atoms with Crippen LogP contribution in [0.3, 0.4) is 0 Å². The molecule has 1 aromatic heterocycles. The third-order valence-electron chi connectivity index (χ3n) is 3.11. The highest BCUT2D eigenvalue weighted by molar-refractivity contribution is 8.00. The number of amides is 1. The predicted octanol–water partition coefficient (Wildman–Crippen LogP) is 3.08. The standard InChI is InChI=1S/C17H19N3O3S/c1-4-23-17(22)13-5-7-14(8-6-13)20-16(21)12(3)24-15-9-11(2)18-10-19-15/h5-10,12H,4H2,1-3H3,(H,20,21)/t12-/m1/s1. The van der Waals surface area contributed by atoms with Gasteiger partial charge in [0.1, 0.15) is 11.4 Å². The number of nitrogens with zero attached hydrogens (tertiary/aromatic N) is 2. The number of anilines is 1. The second-order valence-electron chi connectivity index (χ2n) is 5.04. The maximum absolute atomic E-state index is 12.3. The number of hydrogen-bond donors (Lipinski definition) is 1. The lowest BCUT2D eigenvalue weighted by atomic mass is 10.2. The van der Waals surface area contributed by atoms with Crippen LogP contribution in [-0.2, 0) is 9.53 Å². The van der Waals surface area contributed by atoms with Crippen LogP contribution in [0.1, 0.15) is 29.9 Å². The van der Waals surface area contributed by atoms with E-state index >= 15 is 0 Å². The van der Waals surface area contributed by atoms with Gasteiger partial charge in [0.15, 0.2) is 0 Å². The van der Waals surface area contributed by atoms with Gasteiger partial charge in [0, 0.05) is 11.4 Å². The summed E-state index contributed by atoms with van der Waals surface area (Å²) in [6.45, 7) is 5.77. The highest BCUT2D eigenvalue weighted by Crippen LogP contribution is 2.22. The van der Waals surface area contributed by atoms with Crippen LogP contribution in [-0.4, -0.2) is 33.7 Å². The van der Waals surface area contributed by atoms with E-state index < -0.39 is 0 Å². The molecular formula is C17H19N3O3S. The first-order chi connectivity index (χ1) is 11.5. The summed E-state index contributed by atoms with van der Waals surface area (Å²) in [6, 6.07) is 8.44. The Morgan fingerprint density at radius 3 is 2.58 bits per heavy atom. The average molecular weight is 345 g/mol. The molecule has 2 rings (SSSR count). The van der Waals surface area contributed by atoms with Gasteiger partial charge in [-0.05, 0) is 51.1 Å². The van der Waals surface area contributed by atoms with Crippen LogP contribution in [0.5, 0.6) is 0 Å². The molecule has 0 bridgehead atoms. The Balaban J connectivity index is 1.94. The number of hydrogen-bond acceptors (Lipinski definition) is 6. The molecule has 0 radical (unpaired) electrons. The molecule has 1 atom stereocenters. The van der Waals surface area contributed by atoms with Gasteiger partial charge >= 0.3 is 5.97 Å². The molecule has 0 aliphatic carbocycles. The molecule has 0 aliphatic rings. The molecule has 1 heterocycles. The number of rotatable bonds is 6. The van der Waals surface area contributed by atoms with Gasteiger partial charge < -0.3 is 10.1 Å². The van der Waals surface area contributed by atoms with Crippen molar-refractivity contribution in [3.05, 3.63) is 47.9 Å². The molecule has 2 aromatic rings. The summed E-state index contributed by atoms with van der Waals surface area (Å²) in [5.41, 5.74) is 1.93. The van der Waals surface area contributed by atoms with Crippen molar-refractivity contribution in [2.75, 3.05) is 11.9 Å². The van der Waals surface area contributed by atoms with E-state index in [0.717, 1.165) is 10.7 Å². The number of nitrogens with one attached hydrogen (secondary N) is 1. The average Bonchev–Trinajstić information content (AvgIpc) is 2.55. The summed E-state index contributed by atoms with van der Waals surface area (Å²) in [5, 5.41) is 3.26. The second kappa shape index (κ2) is 8.44. The van der Waals surface area contributed by atoms with E-state index in [4.69, 9.17) is 4.74 Å². The SMILES string of the molecule is CCOC(=O)c1ccc(NC(=O)[C@@H](C)Sc2cc(C)ncn2)cc1. The largest absolute Gasteiger partial charge is 0.462 e. The summed E-state index contributed by atoms with van der Waals surface area (Å²) >= 11 is 1.36. The summed E-state index contributed by atoms with van der Waals surface area (Å²) in [5.74, 6) is -0.515. The minimum atomic E-state index is -0.376.